The summed E-state index contributed by atoms with van der Waals surface area (Å²) in [5, 5.41) is 5.07. The van der Waals surface area contributed by atoms with E-state index in [0.29, 0.717) is 35.4 Å². The Bertz CT molecular complexity index is 893. The Morgan fingerprint density at radius 3 is 2.84 bits per heavy atom. The van der Waals surface area contributed by atoms with Crippen LogP contribution < -0.4 is 10.1 Å². The van der Waals surface area contributed by atoms with E-state index in [1.165, 1.54) is 0 Å². The molecule has 0 saturated heterocycles. The van der Waals surface area contributed by atoms with Crippen LogP contribution in [0.1, 0.15) is 10.5 Å². The summed E-state index contributed by atoms with van der Waals surface area (Å²) in [6.07, 6.45) is 1.62. The summed E-state index contributed by atoms with van der Waals surface area (Å²) < 4.78 is 10.6. The van der Waals surface area contributed by atoms with Crippen molar-refractivity contribution in [3.05, 3.63) is 65.4 Å². The Morgan fingerprint density at radius 1 is 1.16 bits per heavy atom. The van der Waals surface area contributed by atoms with Crippen molar-refractivity contribution in [2.75, 3.05) is 25.6 Å². The van der Waals surface area contributed by atoms with E-state index >= 15 is 0 Å². The number of nitrogens with zero attached hydrogens (tertiary/aromatic N) is 1. The Balaban J connectivity index is 1.88. The van der Waals surface area contributed by atoms with Gasteiger partial charge >= 0.3 is 0 Å². The number of hydrogen-bond acceptors (Lipinski definition) is 4. The lowest BCUT2D eigenvalue weighted by molar-refractivity contribution is 0.102. The third-order valence-electron chi connectivity index (χ3n) is 3.62. The molecule has 0 aliphatic carbocycles. The minimum absolute atomic E-state index is 0.323. The summed E-state index contributed by atoms with van der Waals surface area (Å²) in [6, 6.07) is 14.5. The van der Waals surface area contributed by atoms with Gasteiger partial charge in [0.2, 0.25) is 0 Å². The minimum Gasteiger partial charge on any atom is -0.489 e. The molecule has 25 heavy (non-hydrogen) atoms. The fourth-order valence-corrected chi connectivity index (χ4v) is 2.61. The number of halogens is 1. The smallest absolute Gasteiger partial charge is 0.275 e. The van der Waals surface area contributed by atoms with Crippen molar-refractivity contribution >= 4 is 34.0 Å². The van der Waals surface area contributed by atoms with Gasteiger partial charge < -0.3 is 14.8 Å². The molecule has 1 amide bonds. The number of carbonyl (C=O) groups excluding carboxylic acids is 1. The highest BCUT2D eigenvalue weighted by molar-refractivity contribution is 6.31. The van der Waals surface area contributed by atoms with E-state index in [1.807, 2.05) is 30.3 Å². The van der Waals surface area contributed by atoms with E-state index in [-0.39, 0.29) is 5.91 Å². The maximum Gasteiger partial charge on any atom is 0.275 e. The molecule has 0 aliphatic heterocycles. The van der Waals surface area contributed by atoms with Gasteiger partial charge in [-0.15, -0.1) is 0 Å². The van der Waals surface area contributed by atoms with E-state index in [0.717, 1.165) is 10.8 Å². The molecule has 3 rings (SSSR count). The second-order valence-corrected chi connectivity index (χ2v) is 5.75. The van der Waals surface area contributed by atoms with Crippen LogP contribution in [0.25, 0.3) is 10.8 Å². The number of pyridine rings is 1. The van der Waals surface area contributed by atoms with Crippen LogP contribution in [0, 0.1) is 0 Å². The third kappa shape index (κ3) is 4.07. The van der Waals surface area contributed by atoms with Crippen molar-refractivity contribution in [1.82, 2.24) is 4.98 Å². The van der Waals surface area contributed by atoms with E-state index in [1.54, 1.807) is 31.5 Å². The van der Waals surface area contributed by atoms with E-state index in [9.17, 15) is 4.79 Å². The maximum absolute atomic E-state index is 12.7. The van der Waals surface area contributed by atoms with Crippen LogP contribution in [0.4, 0.5) is 5.69 Å². The number of methoxy groups -OCH3 is 1. The number of anilines is 1. The van der Waals surface area contributed by atoms with Crippen molar-refractivity contribution in [1.29, 1.82) is 0 Å². The second kappa shape index (κ2) is 7.96. The van der Waals surface area contributed by atoms with Gasteiger partial charge in [-0.3, -0.25) is 9.78 Å². The molecule has 5 nitrogen and oxygen atoms in total. The largest absolute Gasteiger partial charge is 0.489 e. The van der Waals surface area contributed by atoms with Crippen molar-refractivity contribution in [3.8, 4) is 5.75 Å². The van der Waals surface area contributed by atoms with Gasteiger partial charge in [-0.25, -0.2) is 0 Å². The molecule has 1 aromatic heterocycles. The summed E-state index contributed by atoms with van der Waals surface area (Å²) >= 11 is 6.06. The average molecular weight is 357 g/mol. The van der Waals surface area contributed by atoms with Gasteiger partial charge in [0, 0.05) is 23.7 Å². The molecule has 1 heterocycles. The number of nitrogens with one attached hydrogen (secondary N) is 1. The van der Waals surface area contributed by atoms with Crippen molar-refractivity contribution in [2.45, 2.75) is 0 Å². The number of aromatic nitrogens is 1. The molecular weight excluding hydrogens is 340 g/mol. The highest BCUT2D eigenvalue weighted by Crippen LogP contribution is 2.29. The van der Waals surface area contributed by atoms with Crippen LogP contribution in [0.2, 0.25) is 5.02 Å². The van der Waals surface area contributed by atoms with E-state index in [4.69, 9.17) is 21.1 Å². The predicted octanol–water partition coefficient (Wildman–Crippen LogP) is 4.17. The highest BCUT2D eigenvalue weighted by atomic mass is 35.5. The molecule has 0 fully saturated rings. The van der Waals surface area contributed by atoms with E-state index in [2.05, 4.69) is 10.3 Å². The fraction of sp³-hybridized carbons (Fsp3) is 0.158. The molecule has 1 N–H and O–H groups in total. The first-order valence-electron chi connectivity index (χ1n) is 7.75. The van der Waals surface area contributed by atoms with Crippen LogP contribution in [-0.2, 0) is 4.74 Å². The predicted molar refractivity (Wildman–Crippen MR) is 98.5 cm³/mol. The van der Waals surface area contributed by atoms with Gasteiger partial charge in [-0.2, -0.15) is 0 Å². The van der Waals surface area contributed by atoms with Crippen LogP contribution >= 0.6 is 11.6 Å². The van der Waals surface area contributed by atoms with Gasteiger partial charge in [0.1, 0.15) is 18.1 Å². The number of hydrogen-bond donors (Lipinski definition) is 1. The van der Waals surface area contributed by atoms with E-state index < -0.39 is 0 Å². The molecule has 0 spiro atoms. The number of amides is 1. The number of fused-ring (bicyclic) bond motifs is 1. The van der Waals surface area contributed by atoms with Crippen LogP contribution in [0.15, 0.2) is 54.7 Å². The van der Waals surface area contributed by atoms with Gasteiger partial charge in [0.15, 0.2) is 0 Å². The molecule has 6 heteroatoms. The van der Waals surface area contributed by atoms with Crippen molar-refractivity contribution in [2.24, 2.45) is 0 Å². The average Bonchev–Trinajstić information content (AvgIpc) is 2.63. The maximum atomic E-state index is 12.7. The molecule has 0 bridgehead atoms. The number of carbonyl (C=O) groups is 1. The van der Waals surface area contributed by atoms with Crippen molar-refractivity contribution < 1.29 is 14.3 Å². The van der Waals surface area contributed by atoms with Gasteiger partial charge in [0.05, 0.1) is 12.3 Å². The molecule has 0 radical (unpaired) electrons. The lowest BCUT2D eigenvalue weighted by Crippen LogP contribution is -2.15. The first-order valence-corrected chi connectivity index (χ1v) is 8.13. The quantitative estimate of drug-likeness (QED) is 0.673. The van der Waals surface area contributed by atoms with Crippen LogP contribution in [-0.4, -0.2) is 31.2 Å². The van der Waals surface area contributed by atoms with Crippen LogP contribution in [0.3, 0.4) is 0 Å². The fourth-order valence-electron chi connectivity index (χ4n) is 2.44. The number of benzene rings is 2. The summed E-state index contributed by atoms with van der Waals surface area (Å²) in [6.45, 7) is 0.814. The zero-order chi connectivity index (χ0) is 17.6. The van der Waals surface area contributed by atoms with Gasteiger partial charge in [-0.05, 0) is 29.7 Å². The van der Waals surface area contributed by atoms with Gasteiger partial charge in [-0.1, -0.05) is 35.9 Å². The number of ether oxygens (including phenoxy) is 2. The minimum atomic E-state index is -0.323. The topological polar surface area (TPSA) is 60.5 Å². The standard InChI is InChI=1S/C19H17ClN2O3/c1-24-10-11-25-17-7-6-14(20)12-16(17)22-19(23)18-15-5-3-2-4-13(15)8-9-21-18/h2-9,12H,10-11H2,1H3,(H,22,23). The zero-order valence-electron chi connectivity index (χ0n) is 13.7. The lowest BCUT2D eigenvalue weighted by atomic mass is 10.1. The summed E-state index contributed by atoms with van der Waals surface area (Å²) in [5.74, 6) is 0.200. The SMILES string of the molecule is COCCOc1ccc(Cl)cc1NC(=O)c1nccc2ccccc12. The Hall–Kier alpha value is -2.63. The molecular formula is C19H17ClN2O3. The molecule has 3 aromatic rings. The monoisotopic (exact) mass is 356 g/mol. The van der Waals surface area contributed by atoms with Crippen LogP contribution in [0.5, 0.6) is 5.75 Å². The lowest BCUT2D eigenvalue weighted by Gasteiger charge is -2.13. The molecule has 0 saturated carbocycles. The normalized spacial score (nSPS) is 10.6. The molecule has 0 atom stereocenters. The zero-order valence-corrected chi connectivity index (χ0v) is 14.4. The molecule has 128 valence electrons. The summed E-state index contributed by atoms with van der Waals surface area (Å²) in [5.41, 5.74) is 0.837. The summed E-state index contributed by atoms with van der Waals surface area (Å²) in [4.78, 5) is 16.9. The first kappa shape index (κ1) is 17.2. The van der Waals surface area contributed by atoms with Crippen molar-refractivity contribution in [3.63, 3.8) is 0 Å². The Kier molecular flexibility index (Phi) is 5.48. The molecule has 2 aromatic carbocycles. The third-order valence-corrected chi connectivity index (χ3v) is 3.86. The summed E-state index contributed by atoms with van der Waals surface area (Å²) in [7, 11) is 1.60. The Labute approximate surface area is 150 Å². The number of rotatable bonds is 6. The highest BCUT2D eigenvalue weighted by Gasteiger charge is 2.14. The molecule has 0 unspecified atom stereocenters. The first-order chi connectivity index (χ1) is 12.2. The van der Waals surface area contributed by atoms with Gasteiger partial charge in [0.25, 0.3) is 5.91 Å². The Morgan fingerprint density at radius 2 is 2.00 bits per heavy atom. The molecule has 0 aliphatic rings. The second-order valence-electron chi connectivity index (χ2n) is 5.32.